The molecule has 0 aliphatic heterocycles. The highest BCUT2D eigenvalue weighted by Gasteiger charge is 2.09. The Labute approximate surface area is 103 Å². The van der Waals surface area contributed by atoms with Gasteiger partial charge in [-0.05, 0) is 6.92 Å². The SMILES string of the molecule is Cc1nnc(Nc2nnc(C)c3ccccc23)o1. The molecule has 0 saturated carbocycles. The number of hydrogen-bond acceptors (Lipinski definition) is 6. The van der Waals surface area contributed by atoms with Crippen molar-refractivity contribution >= 4 is 22.6 Å². The second kappa shape index (κ2) is 4.06. The Hall–Kier alpha value is -2.50. The minimum atomic E-state index is 0.316. The fourth-order valence-electron chi connectivity index (χ4n) is 1.78. The molecule has 2 aromatic heterocycles. The average Bonchev–Trinajstić information content (AvgIpc) is 2.79. The molecule has 1 N–H and O–H groups in total. The van der Waals surface area contributed by atoms with Gasteiger partial charge in [-0.1, -0.05) is 29.4 Å². The third kappa shape index (κ3) is 1.77. The summed E-state index contributed by atoms with van der Waals surface area (Å²) in [7, 11) is 0. The van der Waals surface area contributed by atoms with Crippen LogP contribution in [0.15, 0.2) is 28.7 Å². The van der Waals surface area contributed by atoms with Gasteiger partial charge in [0.15, 0.2) is 5.82 Å². The first-order chi connectivity index (χ1) is 8.74. The summed E-state index contributed by atoms with van der Waals surface area (Å²) < 4.78 is 5.27. The second-order valence-corrected chi connectivity index (χ2v) is 3.93. The number of aryl methyl sites for hydroxylation is 2. The lowest BCUT2D eigenvalue weighted by molar-refractivity contribution is 0.535. The third-order valence-electron chi connectivity index (χ3n) is 2.62. The molecule has 0 fully saturated rings. The van der Waals surface area contributed by atoms with Crippen LogP contribution in [0.4, 0.5) is 11.8 Å². The van der Waals surface area contributed by atoms with Crippen molar-refractivity contribution in [2.45, 2.75) is 13.8 Å². The van der Waals surface area contributed by atoms with Gasteiger partial charge < -0.3 is 4.42 Å². The van der Waals surface area contributed by atoms with Crippen LogP contribution in [0.3, 0.4) is 0 Å². The predicted molar refractivity (Wildman–Crippen MR) is 66.6 cm³/mol. The maximum Gasteiger partial charge on any atom is 0.321 e. The van der Waals surface area contributed by atoms with E-state index in [0.717, 1.165) is 16.5 Å². The maximum absolute atomic E-state index is 5.27. The molecule has 0 bridgehead atoms. The van der Waals surface area contributed by atoms with E-state index in [1.54, 1.807) is 6.92 Å². The molecule has 90 valence electrons. The van der Waals surface area contributed by atoms with Crippen molar-refractivity contribution in [2.75, 3.05) is 5.32 Å². The van der Waals surface area contributed by atoms with Gasteiger partial charge in [0.05, 0.1) is 5.69 Å². The highest BCUT2D eigenvalue weighted by atomic mass is 16.4. The first-order valence-electron chi connectivity index (χ1n) is 5.53. The molecule has 0 saturated heterocycles. The van der Waals surface area contributed by atoms with E-state index in [-0.39, 0.29) is 0 Å². The molecule has 2 heterocycles. The van der Waals surface area contributed by atoms with Crippen molar-refractivity contribution in [3.05, 3.63) is 35.9 Å². The van der Waals surface area contributed by atoms with Gasteiger partial charge in [0.25, 0.3) is 0 Å². The highest BCUT2D eigenvalue weighted by Crippen LogP contribution is 2.24. The van der Waals surface area contributed by atoms with Gasteiger partial charge in [0.1, 0.15) is 0 Å². The summed E-state index contributed by atoms with van der Waals surface area (Å²) in [5.41, 5.74) is 0.887. The number of anilines is 2. The second-order valence-electron chi connectivity index (χ2n) is 3.93. The number of nitrogens with zero attached hydrogens (tertiary/aromatic N) is 4. The van der Waals surface area contributed by atoms with E-state index in [9.17, 15) is 0 Å². The molecular weight excluding hydrogens is 230 g/mol. The fourth-order valence-corrected chi connectivity index (χ4v) is 1.78. The molecule has 3 rings (SSSR count). The van der Waals surface area contributed by atoms with E-state index in [1.165, 1.54) is 0 Å². The molecule has 18 heavy (non-hydrogen) atoms. The van der Waals surface area contributed by atoms with E-state index in [0.29, 0.717) is 17.7 Å². The van der Waals surface area contributed by atoms with Gasteiger partial charge in [-0.15, -0.1) is 10.2 Å². The fraction of sp³-hybridized carbons (Fsp3) is 0.167. The van der Waals surface area contributed by atoms with Crippen LogP contribution in [0.1, 0.15) is 11.6 Å². The molecule has 0 unspecified atom stereocenters. The largest absolute Gasteiger partial charge is 0.408 e. The Morgan fingerprint density at radius 3 is 2.44 bits per heavy atom. The van der Waals surface area contributed by atoms with Crippen LogP contribution in [0.2, 0.25) is 0 Å². The average molecular weight is 241 g/mol. The zero-order valence-corrected chi connectivity index (χ0v) is 10.0. The molecule has 0 aliphatic carbocycles. The van der Waals surface area contributed by atoms with E-state index >= 15 is 0 Å². The Kier molecular flexibility index (Phi) is 2.40. The molecule has 0 radical (unpaired) electrons. The summed E-state index contributed by atoms with van der Waals surface area (Å²) in [4.78, 5) is 0. The molecule has 0 atom stereocenters. The van der Waals surface area contributed by atoms with Crippen LogP contribution < -0.4 is 5.32 Å². The standard InChI is InChI=1S/C12H11N5O/c1-7-9-5-3-4-6-10(9)11(16-14-7)13-12-17-15-8(2)18-12/h3-6H,1-2H3,(H,13,16,17). The van der Waals surface area contributed by atoms with E-state index in [4.69, 9.17) is 4.42 Å². The molecular formula is C12H11N5O. The minimum absolute atomic E-state index is 0.316. The van der Waals surface area contributed by atoms with Crippen LogP contribution in [0, 0.1) is 13.8 Å². The van der Waals surface area contributed by atoms with Crippen LogP contribution in [-0.2, 0) is 0 Å². The Morgan fingerprint density at radius 1 is 0.944 bits per heavy atom. The normalized spacial score (nSPS) is 10.8. The topological polar surface area (TPSA) is 76.7 Å². The van der Waals surface area contributed by atoms with Gasteiger partial charge in [-0.3, -0.25) is 5.32 Å². The molecule has 6 heteroatoms. The lowest BCUT2D eigenvalue weighted by atomic mass is 10.1. The molecule has 0 aliphatic rings. The smallest absolute Gasteiger partial charge is 0.321 e. The summed E-state index contributed by atoms with van der Waals surface area (Å²) in [5, 5.41) is 20.9. The summed E-state index contributed by atoms with van der Waals surface area (Å²) in [6.45, 7) is 3.66. The Bertz CT molecular complexity index is 707. The van der Waals surface area contributed by atoms with Gasteiger partial charge >= 0.3 is 6.01 Å². The number of benzene rings is 1. The monoisotopic (exact) mass is 241 g/mol. The van der Waals surface area contributed by atoms with Crippen molar-refractivity contribution in [3.8, 4) is 0 Å². The van der Waals surface area contributed by atoms with Crippen LogP contribution in [0.5, 0.6) is 0 Å². The number of fused-ring (bicyclic) bond motifs is 1. The summed E-state index contributed by atoms with van der Waals surface area (Å²) in [6.07, 6.45) is 0. The first-order valence-corrected chi connectivity index (χ1v) is 5.53. The number of nitrogens with one attached hydrogen (secondary N) is 1. The Morgan fingerprint density at radius 2 is 1.72 bits per heavy atom. The van der Waals surface area contributed by atoms with Gasteiger partial charge in [-0.2, -0.15) is 5.10 Å². The maximum atomic E-state index is 5.27. The van der Waals surface area contributed by atoms with Gasteiger partial charge in [-0.25, -0.2) is 0 Å². The van der Waals surface area contributed by atoms with Crippen molar-refractivity contribution in [1.82, 2.24) is 20.4 Å². The van der Waals surface area contributed by atoms with E-state index in [2.05, 4.69) is 25.7 Å². The number of hydrogen-bond donors (Lipinski definition) is 1. The van der Waals surface area contributed by atoms with Crippen LogP contribution >= 0.6 is 0 Å². The molecule has 0 amide bonds. The van der Waals surface area contributed by atoms with Crippen molar-refractivity contribution in [2.24, 2.45) is 0 Å². The third-order valence-corrected chi connectivity index (χ3v) is 2.62. The highest BCUT2D eigenvalue weighted by molar-refractivity contribution is 5.93. The number of aromatic nitrogens is 4. The lowest BCUT2D eigenvalue weighted by Gasteiger charge is -2.05. The molecule has 3 aromatic rings. The molecule has 6 nitrogen and oxygen atoms in total. The number of rotatable bonds is 2. The summed E-state index contributed by atoms with van der Waals surface area (Å²) in [6, 6.07) is 8.22. The first kappa shape index (κ1) is 10.6. The van der Waals surface area contributed by atoms with Crippen LogP contribution in [0.25, 0.3) is 10.8 Å². The Balaban J connectivity index is 2.09. The molecule has 1 aromatic carbocycles. The van der Waals surface area contributed by atoms with Crippen molar-refractivity contribution < 1.29 is 4.42 Å². The zero-order chi connectivity index (χ0) is 12.5. The quantitative estimate of drug-likeness (QED) is 0.742. The van der Waals surface area contributed by atoms with Crippen LogP contribution in [-0.4, -0.2) is 20.4 Å². The van der Waals surface area contributed by atoms with Gasteiger partial charge in [0, 0.05) is 17.7 Å². The van der Waals surface area contributed by atoms with Gasteiger partial charge in [0.2, 0.25) is 5.89 Å². The lowest BCUT2D eigenvalue weighted by Crippen LogP contribution is -1.99. The van der Waals surface area contributed by atoms with Crippen molar-refractivity contribution in [3.63, 3.8) is 0 Å². The zero-order valence-electron chi connectivity index (χ0n) is 10.0. The van der Waals surface area contributed by atoms with E-state index in [1.807, 2.05) is 31.2 Å². The summed E-state index contributed by atoms with van der Waals surface area (Å²) in [5.74, 6) is 1.11. The van der Waals surface area contributed by atoms with E-state index < -0.39 is 0 Å². The minimum Gasteiger partial charge on any atom is -0.408 e. The predicted octanol–water partition coefficient (Wildman–Crippen LogP) is 2.37. The van der Waals surface area contributed by atoms with Crippen molar-refractivity contribution in [1.29, 1.82) is 0 Å². The molecule has 0 spiro atoms. The summed E-state index contributed by atoms with van der Waals surface area (Å²) >= 11 is 0.